The van der Waals surface area contributed by atoms with Crippen molar-refractivity contribution in [3.05, 3.63) is 24.5 Å². The number of aromatic nitrogens is 1. The van der Waals surface area contributed by atoms with E-state index in [9.17, 15) is 22.8 Å². The first-order valence-electron chi connectivity index (χ1n) is 7.17. The van der Waals surface area contributed by atoms with Crippen LogP contribution in [0.1, 0.15) is 12.8 Å². The summed E-state index contributed by atoms with van der Waals surface area (Å²) in [5.74, 6) is -1.75. The van der Waals surface area contributed by atoms with Crippen molar-refractivity contribution in [3.63, 3.8) is 0 Å². The highest BCUT2D eigenvalue weighted by atomic mass is 19.4. The van der Waals surface area contributed by atoms with Crippen LogP contribution in [0.25, 0.3) is 0 Å². The fraction of sp³-hybridized carbons (Fsp3) is 0.500. The van der Waals surface area contributed by atoms with Crippen molar-refractivity contribution in [2.45, 2.75) is 19.0 Å². The highest BCUT2D eigenvalue weighted by molar-refractivity contribution is 5.88. The smallest absolute Gasteiger partial charge is 0.338 e. The number of rotatable bonds is 3. The quantitative estimate of drug-likeness (QED) is 0.890. The van der Waals surface area contributed by atoms with E-state index in [1.165, 1.54) is 6.20 Å². The summed E-state index contributed by atoms with van der Waals surface area (Å²) in [5, 5.41) is 5.27. The molecular formula is C14H17F3N4O2. The van der Waals surface area contributed by atoms with Crippen LogP contribution < -0.4 is 10.6 Å². The van der Waals surface area contributed by atoms with E-state index in [-0.39, 0.29) is 19.0 Å². The zero-order valence-corrected chi connectivity index (χ0v) is 12.3. The third kappa shape index (κ3) is 5.11. The molecule has 0 unspecified atom stereocenters. The average molecular weight is 330 g/mol. The summed E-state index contributed by atoms with van der Waals surface area (Å²) in [6.45, 7) is 0.448. The van der Waals surface area contributed by atoms with E-state index < -0.39 is 18.1 Å². The van der Waals surface area contributed by atoms with Crippen LogP contribution in [-0.4, -0.2) is 47.6 Å². The molecule has 1 aliphatic heterocycles. The van der Waals surface area contributed by atoms with E-state index >= 15 is 0 Å². The van der Waals surface area contributed by atoms with Gasteiger partial charge in [0.15, 0.2) is 0 Å². The van der Waals surface area contributed by atoms with Gasteiger partial charge < -0.3 is 15.5 Å². The molecule has 6 nitrogen and oxygen atoms in total. The van der Waals surface area contributed by atoms with Crippen LogP contribution in [0.3, 0.4) is 0 Å². The molecule has 2 rings (SSSR count). The third-order valence-electron chi connectivity index (χ3n) is 3.61. The van der Waals surface area contributed by atoms with Crippen LogP contribution in [0.2, 0.25) is 0 Å². The monoisotopic (exact) mass is 330 g/mol. The van der Waals surface area contributed by atoms with Gasteiger partial charge in [-0.25, -0.2) is 4.79 Å². The molecule has 0 aromatic carbocycles. The number of hydrogen-bond acceptors (Lipinski definition) is 3. The minimum Gasteiger partial charge on any atom is -0.338 e. The van der Waals surface area contributed by atoms with Gasteiger partial charge in [0, 0.05) is 25.8 Å². The summed E-state index contributed by atoms with van der Waals surface area (Å²) in [6.07, 6.45) is -0.890. The van der Waals surface area contributed by atoms with Gasteiger partial charge in [0.05, 0.1) is 11.9 Å². The molecule has 0 saturated carbocycles. The lowest BCUT2D eigenvalue weighted by Gasteiger charge is -2.32. The molecule has 0 spiro atoms. The summed E-state index contributed by atoms with van der Waals surface area (Å²) >= 11 is 0. The standard InChI is InChI=1S/C14H17F3N4O2/c15-14(16,17)12(22)21-6-3-10(4-7-21)8-19-13(23)20-11-2-1-5-18-9-11/h1-2,5,9-10H,3-4,6-8H2,(H2,19,20,23). The summed E-state index contributed by atoms with van der Waals surface area (Å²) in [5.41, 5.74) is 0.551. The number of pyridine rings is 1. The molecule has 1 aliphatic rings. The highest BCUT2D eigenvalue weighted by Gasteiger charge is 2.43. The van der Waals surface area contributed by atoms with Crippen LogP contribution >= 0.6 is 0 Å². The van der Waals surface area contributed by atoms with E-state index in [1.54, 1.807) is 18.3 Å². The number of nitrogens with one attached hydrogen (secondary N) is 2. The minimum absolute atomic E-state index is 0.0481. The second-order valence-corrected chi connectivity index (χ2v) is 5.31. The first-order valence-corrected chi connectivity index (χ1v) is 7.17. The Kier molecular flexibility index (Phi) is 5.41. The number of halogens is 3. The van der Waals surface area contributed by atoms with Gasteiger partial charge in [-0.1, -0.05) is 0 Å². The van der Waals surface area contributed by atoms with Crippen molar-refractivity contribution in [2.24, 2.45) is 5.92 Å². The van der Waals surface area contributed by atoms with Crippen LogP contribution in [0, 0.1) is 5.92 Å². The lowest BCUT2D eigenvalue weighted by Crippen LogP contribution is -2.47. The lowest BCUT2D eigenvalue weighted by molar-refractivity contribution is -0.186. The maximum Gasteiger partial charge on any atom is 0.471 e. The zero-order valence-electron chi connectivity index (χ0n) is 12.3. The molecule has 2 N–H and O–H groups in total. The maximum absolute atomic E-state index is 12.3. The molecule has 9 heteroatoms. The molecule has 0 aliphatic carbocycles. The predicted octanol–water partition coefficient (Wildman–Crippen LogP) is 2.00. The number of anilines is 1. The maximum atomic E-state index is 12.3. The Balaban J connectivity index is 1.70. The van der Waals surface area contributed by atoms with Gasteiger partial charge in [0.2, 0.25) is 0 Å². The first-order chi connectivity index (χ1) is 10.9. The number of urea groups is 1. The largest absolute Gasteiger partial charge is 0.471 e. The van der Waals surface area contributed by atoms with E-state index in [0.29, 0.717) is 25.1 Å². The Morgan fingerprint density at radius 2 is 2.00 bits per heavy atom. The summed E-state index contributed by atoms with van der Waals surface area (Å²) in [7, 11) is 0. The van der Waals surface area contributed by atoms with Crippen LogP contribution in [0.5, 0.6) is 0 Å². The Hall–Kier alpha value is -2.32. The van der Waals surface area contributed by atoms with Gasteiger partial charge in [-0.05, 0) is 30.9 Å². The average Bonchev–Trinajstić information content (AvgIpc) is 2.53. The number of piperidine rings is 1. The van der Waals surface area contributed by atoms with Crippen molar-refractivity contribution in [1.29, 1.82) is 0 Å². The van der Waals surface area contributed by atoms with Crippen molar-refractivity contribution >= 4 is 17.6 Å². The minimum atomic E-state index is -4.82. The number of carbonyl (C=O) groups is 2. The molecule has 0 atom stereocenters. The van der Waals surface area contributed by atoms with Gasteiger partial charge in [0.1, 0.15) is 0 Å². The molecule has 3 amide bonds. The molecule has 1 saturated heterocycles. The van der Waals surface area contributed by atoms with Crippen LogP contribution in [0.4, 0.5) is 23.7 Å². The molecular weight excluding hydrogens is 313 g/mol. The van der Waals surface area contributed by atoms with Gasteiger partial charge in [0.25, 0.3) is 0 Å². The molecule has 1 aromatic rings. The predicted molar refractivity (Wildman–Crippen MR) is 76.6 cm³/mol. The Bertz CT molecular complexity index is 543. The molecule has 0 bridgehead atoms. The fourth-order valence-corrected chi connectivity index (χ4v) is 2.37. The third-order valence-corrected chi connectivity index (χ3v) is 3.61. The van der Waals surface area contributed by atoms with Crippen molar-refractivity contribution in [1.82, 2.24) is 15.2 Å². The lowest BCUT2D eigenvalue weighted by atomic mass is 9.97. The fourth-order valence-electron chi connectivity index (χ4n) is 2.37. The summed E-state index contributed by atoms with van der Waals surface area (Å²) in [6, 6.07) is 2.98. The summed E-state index contributed by atoms with van der Waals surface area (Å²) < 4.78 is 37.0. The molecule has 126 valence electrons. The second kappa shape index (κ2) is 7.30. The SMILES string of the molecule is O=C(NCC1CCN(C(=O)C(F)(F)F)CC1)Nc1cccnc1. The number of likely N-dealkylation sites (tertiary alicyclic amines) is 1. The van der Waals surface area contributed by atoms with Gasteiger partial charge in [-0.2, -0.15) is 13.2 Å². The van der Waals surface area contributed by atoms with Crippen molar-refractivity contribution in [2.75, 3.05) is 25.0 Å². The first kappa shape index (κ1) is 17.0. The molecule has 1 aromatic heterocycles. The number of hydrogen-bond donors (Lipinski definition) is 2. The number of carbonyl (C=O) groups excluding carboxylic acids is 2. The molecule has 1 fully saturated rings. The zero-order chi connectivity index (χ0) is 16.9. The van der Waals surface area contributed by atoms with Gasteiger partial charge in [-0.3, -0.25) is 9.78 Å². The van der Waals surface area contributed by atoms with E-state index in [1.807, 2.05) is 0 Å². The Morgan fingerprint density at radius 3 is 2.57 bits per heavy atom. The van der Waals surface area contributed by atoms with E-state index in [0.717, 1.165) is 4.90 Å². The van der Waals surface area contributed by atoms with Gasteiger partial charge in [-0.15, -0.1) is 0 Å². The van der Waals surface area contributed by atoms with Crippen LogP contribution in [0.15, 0.2) is 24.5 Å². The Labute approximate surface area is 131 Å². The van der Waals surface area contributed by atoms with E-state index in [2.05, 4.69) is 15.6 Å². The Morgan fingerprint density at radius 1 is 1.30 bits per heavy atom. The van der Waals surface area contributed by atoms with Crippen molar-refractivity contribution < 1.29 is 22.8 Å². The van der Waals surface area contributed by atoms with Crippen molar-refractivity contribution in [3.8, 4) is 0 Å². The summed E-state index contributed by atoms with van der Waals surface area (Å²) in [4.78, 5) is 27.5. The normalized spacial score (nSPS) is 16.0. The number of nitrogens with zero attached hydrogens (tertiary/aromatic N) is 2. The van der Waals surface area contributed by atoms with Crippen LogP contribution in [-0.2, 0) is 4.79 Å². The van der Waals surface area contributed by atoms with E-state index in [4.69, 9.17) is 0 Å². The van der Waals surface area contributed by atoms with Gasteiger partial charge >= 0.3 is 18.1 Å². The topological polar surface area (TPSA) is 74.3 Å². The number of amides is 3. The highest BCUT2D eigenvalue weighted by Crippen LogP contribution is 2.23. The molecule has 23 heavy (non-hydrogen) atoms. The number of alkyl halides is 3. The second-order valence-electron chi connectivity index (χ2n) is 5.31. The molecule has 2 heterocycles. The molecule has 0 radical (unpaired) electrons.